The molecule has 16 aromatic carbocycles. The second-order valence-corrected chi connectivity index (χ2v) is 41.9. The molecule has 0 bridgehead atoms. The molecule has 0 spiro atoms. The fourth-order valence-electron chi connectivity index (χ4n) is 19.5. The molecule has 0 unspecified atom stereocenters. The van der Waals surface area contributed by atoms with Crippen LogP contribution in [-0.4, -0.2) is 86.2 Å². The summed E-state index contributed by atoms with van der Waals surface area (Å²) in [6.45, 7) is 25.6. The number of hydrogen-bond acceptors (Lipinski definition) is 10. The molecule has 5 fully saturated rings. The molecule has 3 heterocycles. The second kappa shape index (κ2) is 39.4. The quantitative estimate of drug-likeness (QED) is 0.0665. The maximum Gasteiger partial charge on any atom is 1.00 e. The SMILES string of the molecule is Brc1ccc2c(-c3ccc4ccccc4c3)c3ccccc3c(-c3ccc4ccccc4c3)c2c1.CC(=O)[O-].CC1(C)OB(B2OC(C)(C)C(C)(C)O2)OC1(C)C.CC1(C)OB(c2ccc3c(-c4ccc5ccccc5c4)c4ccccc4c(-c4ccc5ccccc5c4)c3c2)OC1(C)C.COc1cccc(OC)c1-c1ccccc1P(C1CCCCC1)C1CCCCC1.[K+]. The molecule has 16 heteroatoms. The average Bonchev–Trinajstić information content (AvgIpc) is 0.869. The summed E-state index contributed by atoms with van der Waals surface area (Å²) in [6, 6.07) is 108. The fraction of sp³-hybridized carbons (Fsp3) is 0.289. The van der Waals surface area contributed by atoms with Crippen LogP contribution in [0.1, 0.15) is 154 Å². The minimum atomic E-state index is -1.08. The van der Waals surface area contributed by atoms with Crippen molar-refractivity contribution in [3.8, 4) is 67.1 Å². The largest absolute Gasteiger partial charge is 1.00 e. The maximum atomic E-state index is 8.89. The Bertz CT molecular complexity index is 6730. The summed E-state index contributed by atoms with van der Waals surface area (Å²) in [7, 11) is 1.97. The molecule has 0 amide bonds. The summed E-state index contributed by atoms with van der Waals surface area (Å²) in [5, 5.41) is 30.5. The van der Waals surface area contributed by atoms with Crippen LogP contribution in [0.25, 0.3) is 142 Å². The van der Waals surface area contributed by atoms with Gasteiger partial charge in [-0.1, -0.05) is 311 Å². The van der Waals surface area contributed by atoms with Crippen molar-refractivity contribution < 1.29 is 98.7 Å². The maximum absolute atomic E-state index is 8.89. The van der Waals surface area contributed by atoms with E-state index in [4.69, 9.17) is 47.3 Å². The van der Waals surface area contributed by atoms with Gasteiger partial charge in [0.05, 0.1) is 53.4 Å². The number of carboxylic acid groups (broad SMARTS) is 1. The van der Waals surface area contributed by atoms with Crippen LogP contribution in [0, 0.1) is 0 Å². The third-order valence-corrected chi connectivity index (χ3v) is 32.3. The van der Waals surface area contributed by atoms with Crippen LogP contribution < -0.4 is 76.7 Å². The van der Waals surface area contributed by atoms with Crippen LogP contribution in [0.15, 0.2) is 302 Å². The molecular formula is C114H116B3BrKO10P. The third-order valence-electron chi connectivity index (χ3n) is 28.3. The van der Waals surface area contributed by atoms with Gasteiger partial charge in [0, 0.05) is 10.4 Å². The van der Waals surface area contributed by atoms with Gasteiger partial charge in [-0.15, -0.1) is 0 Å². The third kappa shape index (κ3) is 19.4. The Balaban J connectivity index is 0.000000129. The number of carboxylic acids is 1. The average molecular weight is 1830 g/mol. The van der Waals surface area contributed by atoms with Crippen LogP contribution in [0.2, 0.25) is 0 Å². The molecule has 654 valence electrons. The van der Waals surface area contributed by atoms with E-state index in [9.17, 15) is 0 Å². The topological polar surface area (TPSA) is 114 Å². The number of carbonyl (C=O) groups is 1. The first-order valence-electron chi connectivity index (χ1n) is 45.9. The Hall–Kier alpha value is -8.83. The van der Waals surface area contributed by atoms with Crippen molar-refractivity contribution in [1.82, 2.24) is 0 Å². The summed E-state index contributed by atoms with van der Waals surface area (Å²) in [4.78, 5) is 8.89. The fourth-order valence-corrected chi connectivity index (χ4v) is 23.8. The summed E-state index contributed by atoms with van der Waals surface area (Å²) >= 11 is 3.76. The van der Waals surface area contributed by atoms with E-state index in [0.717, 1.165) is 45.2 Å². The zero-order valence-electron chi connectivity index (χ0n) is 78.2. The minimum absolute atomic E-state index is 0. The molecule has 0 radical (unpaired) electrons. The zero-order chi connectivity index (χ0) is 90.3. The Morgan fingerprint density at radius 1 is 0.331 bits per heavy atom. The zero-order valence-corrected chi connectivity index (χ0v) is 83.8. The Labute approximate surface area is 821 Å². The van der Waals surface area contributed by atoms with Crippen LogP contribution >= 0.6 is 23.9 Å². The number of benzene rings is 16. The Morgan fingerprint density at radius 2 is 0.623 bits per heavy atom. The van der Waals surface area contributed by atoms with Crippen molar-refractivity contribution in [2.24, 2.45) is 0 Å². The second-order valence-electron chi connectivity index (χ2n) is 38.2. The van der Waals surface area contributed by atoms with Gasteiger partial charge in [-0.25, -0.2) is 0 Å². The van der Waals surface area contributed by atoms with Crippen LogP contribution in [0.4, 0.5) is 0 Å². The smallest absolute Gasteiger partial charge is 0.550 e. The van der Waals surface area contributed by atoms with Gasteiger partial charge in [0.2, 0.25) is 0 Å². The summed E-state index contributed by atoms with van der Waals surface area (Å²) in [5.74, 6) is 0.748. The van der Waals surface area contributed by atoms with Gasteiger partial charge < -0.3 is 47.3 Å². The summed E-state index contributed by atoms with van der Waals surface area (Å²) in [6.07, 6.45) is 14.2. The molecule has 2 aliphatic carbocycles. The Kier molecular flexibility index (Phi) is 28.6. The number of aliphatic carboxylic acids is 1. The monoisotopic (exact) mass is 1830 g/mol. The molecule has 3 aliphatic heterocycles. The Morgan fingerprint density at radius 3 is 0.977 bits per heavy atom. The summed E-state index contributed by atoms with van der Waals surface area (Å²) < 4.78 is 49.6. The molecule has 130 heavy (non-hydrogen) atoms. The van der Waals surface area contributed by atoms with E-state index >= 15 is 0 Å². The number of fused-ring (bicyclic) bond motifs is 8. The van der Waals surface area contributed by atoms with Crippen LogP contribution in [0.3, 0.4) is 0 Å². The molecule has 2 saturated carbocycles. The van der Waals surface area contributed by atoms with E-state index in [1.807, 2.05) is 61.5 Å². The molecule has 0 atom stereocenters. The molecule has 0 N–H and O–H groups in total. The molecular weight excluding hydrogens is 1710 g/mol. The van der Waals surface area contributed by atoms with Gasteiger partial charge >= 0.3 is 72.5 Å². The van der Waals surface area contributed by atoms with Crippen molar-refractivity contribution in [1.29, 1.82) is 0 Å². The standard InChI is InChI=1S/C40H33BO2.C34H21Br.C26H35O2P.C12H24B2O4.C2H4O2.K/c1-39(2)40(3,4)43-41(42-39)32-21-22-35-36(25-32)38(31-20-18-27-12-6-8-14-29(27)24-31)34-16-10-9-15-33(34)37(35)30-19-17-26-11-5-7-13-28(26)23-30;35-28-17-18-31-32(21-28)34(27-16-14-23-8-2-4-10-25(23)20-27)30-12-6-5-11-29(30)33(31)26-15-13-22-7-1-3-9-24(22)19-26;1-27-23-17-11-18-24(28-2)26(23)22-16-9-10-19-25(22)29(20-12-5-3-6-13-20)21-14-7-4-8-15-21;1-9(2)10(3,4)16-13(15-9)14-17-11(5,6)12(7,8)18-14;1-2(3)4;/h5-25H,1-4H3;1-21H;9-11,16-21H,3-8,12-15H2,1-2H3;1-8H3;1H3,(H,3,4);/q;;;;;+1/p-1. The number of halogens is 1. The number of ether oxygens (including phenoxy) is 2. The molecule has 21 rings (SSSR count). The normalized spacial score (nSPS) is 17.2. The molecule has 5 aliphatic rings. The number of methoxy groups -OCH3 is 2. The van der Waals surface area contributed by atoms with Gasteiger partial charge in [0.15, 0.2) is 0 Å². The van der Waals surface area contributed by atoms with E-state index < -0.39 is 38.3 Å². The van der Waals surface area contributed by atoms with Gasteiger partial charge in [-0.05, 0) is 323 Å². The van der Waals surface area contributed by atoms with E-state index in [0.29, 0.717) is 0 Å². The number of hydrogen-bond donors (Lipinski definition) is 0. The van der Waals surface area contributed by atoms with Gasteiger partial charge in [0.1, 0.15) is 11.5 Å². The van der Waals surface area contributed by atoms with Gasteiger partial charge in [0.25, 0.3) is 0 Å². The molecule has 16 aromatic rings. The van der Waals surface area contributed by atoms with Crippen molar-refractivity contribution in [2.45, 2.75) is 199 Å². The number of rotatable bonds is 12. The van der Waals surface area contributed by atoms with E-state index in [1.54, 1.807) is 19.5 Å². The molecule has 0 aromatic heterocycles. The van der Waals surface area contributed by atoms with E-state index in [-0.39, 0.29) is 81.7 Å². The van der Waals surface area contributed by atoms with Crippen molar-refractivity contribution in [3.05, 3.63) is 302 Å². The van der Waals surface area contributed by atoms with Crippen LogP contribution in [-0.2, 0) is 32.7 Å². The molecule has 3 saturated heterocycles. The first kappa shape index (κ1) is 94.4. The first-order chi connectivity index (χ1) is 62.0. The van der Waals surface area contributed by atoms with Gasteiger partial charge in [-0.3, -0.25) is 0 Å². The van der Waals surface area contributed by atoms with E-state index in [1.165, 1.54) is 200 Å². The number of carbonyl (C=O) groups excluding carboxylic acids is 1. The molecule has 10 nitrogen and oxygen atoms in total. The predicted octanol–water partition coefficient (Wildman–Crippen LogP) is 25.5. The van der Waals surface area contributed by atoms with Gasteiger partial charge in [-0.2, -0.15) is 0 Å². The van der Waals surface area contributed by atoms with Crippen LogP contribution in [0.5, 0.6) is 11.5 Å². The predicted molar refractivity (Wildman–Crippen MR) is 546 cm³/mol. The van der Waals surface area contributed by atoms with Crippen molar-refractivity contribution in [2.75, 3.05) is 14.2 Å². The van der Waals surface area contributed by atoms with Crippen molar-refractivity contribution >= 4 is 148 Å². The minimum Gasteiger partial charge on any atom is -0.550 e. The summed E-state index contributed by atoms with van der Waals surface area (Å²) in [5.41, 5.74) is 13.0. The van der Waals surface area contributed by atoms with Crippen molar-refractivity contribution in [3.63, 3.8) is 0 Å². The first-order valence-corrected chi connectivity index (χ1v) is 48.2. The van der Waals surface area contributed by atoms with E-state index in [2.05, 4.69) is 335 Å².